The highest BCUT2D eigenvalue weighted by molar-refractivity contribution is 5.55. The number of ether oxygens (including phenoxy) is 2. The van der Waals surface area contributed by atoms with E-state index in [0.29, 0.717) is 12.2 Å². The number of aliphatic hydroxyl groups is 1. The lowest BCUT2D eigenvalue weighted by molar-refractivity contribution is 0.174. The Morgan fingerprint density at radius 1 is 1.21 bits per heavy atom. The number of nitrogens with zero attached hydrogens (tertiary/aromatic N) is 1. The molecule has 1 aromatic carbocycles. The summed E-state index contributed by atoms with van der Waals surface area (Å²) in [5, 5.41) is 13.1. The maximum Gasteiger partial charge on any atom is 0.231 e. The lowest BCUT2D eigenvalue weighted by Crippen LogP contribution is -2.13. The van der Waals surface area contributed by atoms with Crippen molar-refractivity contribution in [1.29, 1.82) is 0 Å². The Balaban J connectivity index is 1.63. The first-order chi connectivity index (χ1) is 9.33. The number of benzene rings is 1. The average molecular weight is 258 g/mol. The Morgan fingerprint density at radius 3 is 2.95 bits per heavy atom. The predicted octanol–water partition coefficient (Wildman–Crippen LogP) is 1.96. The van der Waals surface area contributed by atoms with Crippen molar-refractivity contribution in [3.05, 3.63) is 48.3 Å². The quantitative estimate of drug-likeness (QED) is 0.877. The number of hydrogen-bond donors (Lipinski definition) is 2. The maximum atomic E-state index is 9.99. The Hall–Kier alpha value is -2.27. The molecule has 0 saturated heterocycles. The van der Waals surface area contributed by atoms with Gasteiger partial charge in [-0.05, 0) is 24.3 Å². The molecule has 1 aliphatic rings. The normalized spacial score (nSPS) is 14.2. The third-order valence-electron chi connectivity index (χ3n) is 2.90. The summed E-state index contributed by atoms with van der Waals surface area (Å²) in [4.78, 5) is 4.11. The van der Waals surface area contributed by atoms with Crippen LogP contribution in [0.3, 0.4) is 0 Å². The van der Waals surface area contributed by atoms with Crippen molar-refractivity contribution in [2.24, 2.45) is 0 Å². The van der Waals surface area contributed by atoms with E-state index in [9.17, 15) is 5.11 Å². The molecule has 3 rings (SSSR count). The summed E-state index contributed by atoms with van der Waals surface area (Å²) in [5.74, 6) is 1.47. The molecule has 0 spiro atoms. The van der Waals surface area contributed by atoms with Gasteiger partial charge in [0, 0.05) is 24.5 Å². The molecule has 19 heavy (non-hydrogen) atoms. The van der Waals surface area contributed by atoms with Gasteiger partial charge in [-0.1, -0.05) is 6.07 Å². The minimum Gasteiger partial charge on any atom is -0.454 e. The van der Waals surface area contributed by atoms with Crippen LogP contribution in [0.4, 0.5) is 5.69 Å². The van der Waals surface area contributed by atoms with E-state index < -0.39 is 6.10 Å². The molecular weight excluding hydrogens is 244 g/mol. The minimum absolute atomic E-state index is 0.259. The predicted molar refractivity (Wildman–Crippen MR) is 70.3 cm³/mol. The number of pyridine rings is 1. The number of aromatic nitrogens is 1. The second-order valence-electron chi connectivity index (χ2n) is 4.22. The highest BCUT2D eigenvalue weighted by Gasteiger charge is 2.14. The molecule has 5 nitrogen and oxygen atoms in total. The molecule has 0 amide bonds. The van der Waals surface area contributed by atoms with Crippen LogP contribution < -0.4 is 14.8 Å². The largest absolute Gasteiger partial charge is 0.454 e. The van der Waals surface area contributed by atoms with Gasteiger partial charge in [0.15, 0.2) is 11.5 Å². The molecule has 2 heterocycles. The molecule has 2 N–H and O–H groups in total. The van der Waals surface area contributed by atoms with Crippen molar-refractivity contribution in [2.75, 3.05) is 18.7 Å². The molecule has 1 aromatic heterocycles. The topological polar surface area (TPSA) is 63.6 Å². The van der Waals surface area contributed by atoms with Crippen molar-refractivity contribution in [3.8, 4) is 11.5 Å². The molecular formula is C14H14N2O3. The van der Waals surface area contributed by atoms with E-state index in [1.807, 2.05) is 30.3 Å². The van der Waals surface area contributed by atoms with Gasteiger partial charge in [-0.3, -0.25) is 4.98 Å². The lowest BCUT2D eigenvalue weighted by Gasteiger charge is -2.12. The second kappa shape index (κ2) is 5.16. The molecule has 5 heteroatoms. The summed E-state index contributed by atoms with van der Waals surface area (Å²) < 4.78 is 10.5. The van der Waals surface area contributed by atoms with Gasteiger partial charge in [0.05, 0.1) is 5.69 Å². The summed E-state index contributed by atoms with van der Waals surface area (Å²) >= 11 is 0. The summed E-state index contributed by atoms with van der Waals surface area (Å²) in [6, 6.07) is 11.1. The zero-order valence-corrected chi connectivity index (χ0v) is 10.2. The molecule has 1 aliphatic heterocycles. The third-order valence-corrected chi connectivity index (χ3v) is 2.90. The number of fused-ring (bicyclic) bond motifs is 1. The molecule has 0 bridgehead atoms. The van der Waals surface area contributed by atoms with Crippen molar-refractivity contribution >= 4 is 5.69 Å². The van der Waals surface area contributed by atoms with Crippen LogP contribution in [0.2, 0.25) is 0 Å². The Labute approximate surface area is 110 Å². The summed E-state index contributed by atoms with van der Waals surface area (Å²) in [5.41, 5.74) is 1.52. The van der Waals surface area contributed by atoms with Crippen LogP contribution in [-0.4, -0.2) is 23.4 Å². The summed E-state index contributed by atoms with van der Waals surface area (Å²) in [6.07, 6.45) is 1.02. The van der Waals surface area contributed by atoms with E-state index >= 15 is 0 Å². The molecule has 0 saturated carbocycles. The van der Waals surface area contributed by atoms with Gasteiger partial charge in [-0.15, -0.1) is 0 Å². The van der Waals surface area contributed by atoms with Crippen LogP contribution in [-0.2, 0) is 0 Å². The number of hydrogen-bond acceptors (Lipinski definition) is 5. The van der Waals surface area contributed by atoms with Crippen LogP contribution in [0, 0.1) is 0 Å². The zero-order valence-electron chi connectivity index (χ0n) is 10.2. The SMILES string of the molecule is OC(CNc1ccc2c(c1)OCO2)c1ccccn1. The second-order valence-corrected chi connectivity index (χ2v) is 4.22. The third kappa shape index (κ3) is 2.61. The molecule has 1 unspecified atom stereocenters. The van der Waals surface area contributed by atoms with Gasteiger partial charge >= 0.3 is 0 Å². The summed E-state index contributed by atoms with van der Waals surface area (Å²) in [6.45, 7) is 0.645. The van der Waals surface area contributed by atoms with Crippen molar-refractivity contribution in [1.82, 2.24) is 4.98 Å². The van der Waals surface area contributed by atoms with Crippen molar-refractivity contribution < 1.29 is 14.6 Å². The van der Waals surface area contributed by atoms with E-state index in [1.165, 1.54) is 0 Å². The molecule has 2 aromatic rings. The maximum absolute atomic E-state index is 9.99. The van der Waals surface area contributed by atoms with E-state index in [0.717, 1.165) is 17.2 Å². The van der Waals surface area contributed by atoms with Gasteiger partial charge in [-0.25, -0.2) is 0 Å². The average Bonchev–Trinajstić information content (AvgIpc) is 2.93. The fraction of sp³-hybridized carbons (Fsp3) is 0.214. The van der Waals surface area contributed by atoms with E-state index in [2.05, 4.69) is 10.3 Å². The van der Waals surface area contributed by atoms with E-state index in [4.69, 9.17) is 9.47 Å². The molecule has 0 aliphatic carbocycles. The van der Waals surface area contributed by atoms with Gasteiger partial charge in [0.25, 0.3) is 0 Å². The fourth-order valence-corrected chi connectivity index (χ4v) is 1.90. The molecule has 0 radical (unpaired) electrons. The number of anilines is 1. The van der Waals surface area contributed by atoms with Crippen molar-refractivity contribution in [3.63, 3.8) is 0 Å². The molecule has 1 atom stereocenters. The summed E-state index contributed by atoms with van der Waals surface area (Å²) in [7, 11) is 0. The monoisotopic (exact) mass is 258 g/mol. The highest BCUT2D eigenvalue weighted by Crippen LogP contribution is 2.34. The van der Waals surface area contributed by atoms with E-state index in [-0.39, 0.29) is 6.79 Å². The van der Waals surface area contributed by atoms with Crippen LogP contribution >= 0.6 is 0 Å². The van der Waals surface area contributed by atoms with Crippen LogP contribution in [0.5, 0.6) is 11.5 Å². The zero-order chi connectivity index (χ0) is 13.1. The molecule has 0 fully saturated rings. The van der Waals surface area contributed by atoms with Gasteiger partial charge in [0.2, 0.25) is 6.79 Å². The van der Waals surface area contributed by atoms with Gasteiger partial charge in [0.1, 0.15) is 6.10 Å². The minimum atomic E-state index is -0.647. The van der Waals surface area contributed by atoms with Crippen LogP contribution in [0.1, 0.15) is 11.8 Å². The lowest BCUT2D eigenvalue weighted by atomic mass is 10.2. The van der Waals surface area contributed by atoms with Crippen molar-refractivity contribution in [2.45, 2.75) is 6.10 Å². The first-order valence-electron chi connectivity index (χ1n) is 6.05. The first-order valence-corrected chi connectivity index (χ1v) is 6.05. The van der Waals surface area contributed by atoms with Crippen LogP contribution in [0.15, 0.2) is 42.6 Å². The number of nitrogens with one attached hydrogen (secondary N) is 1. The smallest absolute Gasteiger partial charge is 0.231 e. The number of rotatable bonds is 4. The van der Waals surface area contributed by atoms with Crippen LogP contribution in [0.25, 0.3) is 0 Å². The first kappa shape index (κ1) is 11.8. The van der Waals surface area contributed by atoms with E-state index in [1.54, 1.807) is 12.3 Å². The number of aliphatic hydroxyl groups excluding tert-OH is 1. The van der Waals surface area contributed by atoms with Gasteiger partial charge < -0.3 is 19.9 Å². The fourth-order valence-electron chi connectivity index (χ4n) is 1.90. The van der Waals surface area contributed by atoms with Gasteiger partial charge in [-0.2, -0.15) is 0 Å². The Bertz CT molecular complexity index is 560. The standard InChI is InChI=1S/C14H14N2O3/c17-12(11-3-1-2-6-15-11)8-16-10-4-5-13-14(7-10)19-9-18-13/h1-7,12,16-17H,8-9H2. The Morgan fingerprint density at radius 2 is 2.11 bits per heavy atom. The Kier molecular flexibility index (Phi) is 3.20. The highest BCUT2D eigenvalue weighted by atomic mass is 16.7. The molecule has 98 valence electrons.